The van der Waals surface area contributed by atoms with Gasteiger partial charge in [-0.1, -0.05) is 12.1 Å². The summed E-state index contributed by atoms with van der Waals surface area (Å²) in [4.78, 5) is 0. The lowest BCUT2D eigenvalue weighted by molar-refractivity contribution is 0.615. The van der Waals surface area contributed by atoms with Gasteiger partial charge in [0.05, 0.1) is 6.07 Å². The zero-order valence-corrected chi connectivity index (χ0v) is 6.71. The van der Waals surface area contributed by atoms with Crippen LogP contribution in [-0.4, -0.2) is 0 Å². The predicted molar refractivity (Wildman–Crippen MR) is 43.7 cm³/mol. The molecule has 1 rings (SSSR count). The Labute approximate surface area is 70.4 Å². The largest absolute Gasteiger partial charge is 0.312 e. The third-order valence-corrected chi connectivity index (χ3v) is 1.69. The van der Waals surface area contributed by atoms with Crippen molar-refractivity contribution in [2.45, 2.75) is 13.0 Å². The molecule has 62 valence electrons. The summed E-state index contributed by atoms with van der Waals surface area (Å²) in [5.41, 5.74) is 6.46. The fourth-order valence-corrected chi connectivity index (χ4v) is 0.877. The molecule has 0 spiro atoms. The molecule has 0 saturated heterocycles. The number of nitrogens with two attached hydrogens (primary N) is 1. The average molecular weight is 164 g/mol. The van der Waals surface area contributed by atoms with Crippen LogP contribution < -0.4 is 5.73 Å². The molecule has 0 heterocycles. The molecule has 0 fully saturated rings. The van der Waals surface area contributed by atoms with E-state index in [9.17, 15) is 4.39 Å². The van der Waals surface area contributed by atoms with E-state index in [1.54, 1.807) is 19.1 Å². The molecule has 2 nitrogen and oxygen atoms in total. The van der Waals surface area contributed by atoms with Crippen molar-refractivity contribution in [2.24, 2.45) is 5.73 Å². The van der Waals surface area contributed by atoms with E-state index in [-0.39, 0.29) is 5.82 Å². The summed E-state index contributed by atoms with van der Waals surface area (Å²) in [5, 5.41) is 8.45. The highest BCUT2D eigenvalue weighted by Gasteiger charge is 2.05. The molecule has 1 aromatic rings. The molecule has 3 heteroatoms. The van der Waals surface area contributed by atoms with Crippen molar-refractivity contribution in [3.05, 3.63) is 35.1 Å². The van der Waals surface area contributed by atoms with Gasteiger partial charge in [-0.3, -0.25) is 0 Å². The molecule has 0 radical (unpaired) electrons. The highest BCUT2D eigenvalue weighted by Crippen LogP contribution is 2.13. The van der Waals surface area contributed by atoms with Crippen molar-refractivity contribution in [3.8, 4) is 6.07 Å². The number of halogens is 1. The lowest BCUT2D eigenvalue weighted by Gasteiger charge is -2.03. The first-order valence-corrected chi connectivity index (χ1v) is 3.56. The van der Waals surface area contributed by atoms with E-state index < -0.39 is 6.04 Å². The average Bonchev–Trinajstić information content (AvgIpc) is 2.08. The maximum absolute atomic E-state index is 12.9. The zero-order valence-electron chi connectivity index (χ0n) is 6.71. The molecular formula is C9H9FN2. The molecule has 0 aliphatic carbocycles. The zero-order chi connectivity index (χ0) is 9.14. The van der Waals surface area contributed by atoms with Crippen molar-refractivity contribution in [1.29, 1.82) is 5.26 Å². The second-order valence-corrected chi connectivity index (χ2v) is 2.62. The smallest absolute Gasteiger partial charge is 0.126 e. The van der Waals surface area contributed by atoms with Crippen molar-refractivity contribution >= 4 is 0 Å². The lowest BCUT2D eigenvalue weighted by atomic mass is 10.1. The second kappa shape index (κ2) is 3.33. The van der Waals surface area contributed by atoms with Crippen LogP contribution in [0, 0.1) is 24.1 Å². The van der Waals surface area contributed by atoms with Gasteiger partial charge in [-0.15, -0.1) is 0 Å². The van der Waals surface area contributed by atoms with Gasteiger partial charge in [0.15, 0.2) is 0 Å². The summed E-state index contributed by atoms with van der Waals surface area (Å²) >= 11 is 0. The van der Waals surface area contributed by atoms with Gasteiger partial charge >= 0.3 is 0 Å². The van der Waals surface area contributed by atoms with Gasteiger partial charge in [-0.05, 0) is 24.1 Å². The Hall–Kier alpha value is -1.40. The van der Waals surface area contributed by atoms with Crippen LogP contribution in [0.2, 0.25) is 0 Å². The molecule has 0 amide bonds. The first kappa shape index (κ1) is 8.69. The first-order valence-electron chi connectivity index (χ1n) is 3.56. The summed E-state index contributed by atoms with van der Waals surface area (Å²) in [5.74, 6) is -0.321. The van der Waals surface area contributed by atoms with Gasteiger partial charge in [0.1, 0.15) is 11.9 Å². The van der Waals surface area contributed by atoms with Crippen molar-refractivity contribution < 1.29 is 4.39 Å². The molecule has 2 N–H and O–H groups in total. The number of rotatable bonds is 1. The molecule has 0 aromatic heterocycles. The van der Waals surface area contributed by atoms with E-state index >= 15 is 0 Å². The van der Waals surface area contributed by atoms with E-state index in [1.807, 2.05) is 6.07 Å². The molecule has 0 unspecified atom stereocenters. The molecule has 0 aliphatic heterocycles. The summed E-state index contributed by atoms with van der Waals surface area (Å²) in [6.07, 6.45) is 0. The van der Waals surface area contributed by atoms with Crippen LogP contribution in [0.1, 0.15) is 17.2 Å². The van der Waals surface area contributed by atoms with Crippen molar-refractivity contribution in [2.75, 3.05) is 0 Å². The first-order chi connectivity index (χ1) is 5.65. The van der Waals surface area contributed by atoms with Crippen molar-refractivity contribution in [1.82, 2.24) is 0 Å². The minimum Gasteiger partial charge on any atom is -0.312 e. The maximum atomic E-state index is 12.9. The topological polar surface area (TPSA) is 49.8 Å². The third-order valence-electron chi connectivity index (χ3n) is 1.69. The Bertz CT molecular complexity index is 328. The summed E-state index contributed by atoms with van der Waals surface area (Å²) < 4.78 is 12.9. The fourth-order valence-electron chi connectivity index (χ4n) is 0.877. The molecule has 12 heavy (non-hydrogen) atoms. The quantitative estimate of drug-likeness (QED) is 0.686. The minimum atomic E-state index is -0.736. The molecule has 1 atom stereocenters. The van der Waals surface area contributed by atoms with Gasteiger partial charge < -0.3 is 5.73 Å². The van der Waals surface area contributed by atoms with Gasteiger partial charge in [-0.2, -0.15) is 5.26 Å². The summed E-state index contributed by atoms with van der Waals surface area (Å²) in [7, 11) is 0. The normalized spacial score (nSPS) is 12.2. The Morgan fingerprint density at radius 2 is 2.25 bits per heavy atom. The predicted octanol–water partition coefficient (Wildman–Crippen LogP) is 1.66. The number of nitrogens with zero attached hydrogens (tertiary/aromatic N) is 1. The molecule has 0 saturated carbocycles. The van der Waals surface area contributed by atoms with Crippen LogP contribution in [0.4, 0.5) is 4.39 Å². The van der Waals surface area contributed by atoms with Gasteiger partial charge in [0, 0.05) is 0 Å². The molecular weight excluding hydrogens is 155 g/mol. The Kier molecular flexibility index (Phi) is 2.41. The van der Waals surface area contributed by atoms with Crippen LogP contribution in [0.25, 0.3) is 0 Å². The highest BCUT2D eigenvalue weighted by molar-refractivity contribution is 5.28. The van der Waals surface area contributed by atoms with Gasteiger partial charge in [-0.25, -0.2) is 4.39 Å². The Morgan fingerprint density at radius 3 is 2.75 bits per heavy atom. The summed E-state index contributed by atoms with van der Waals surface area (Å²) in [6.45, 7) is 1.66. The monoisotopic (exact) mass is 164 g/mol. The second-order valence-electron chi connectivity index (χ2n) is 2.62. The Morgan fingerprint density at radius 1 is 1.58 bits per heavy atom. The van der Waals surface area contributed by atoms with Crippen LogP contribution in [0.15, 0.2) is 18.2 Å². The van der Waals surface area contributed by atoms with Crippen LogP contribution in [-0.2, 0) is 0 Å². The van der Waals surface area contributed by atoms with Gasteiger partial charge in [0.2, 0.25) is 0 Å². The SMILES string of the molecule is Cc1ccc([C@@H](N)C#N)cc1F. The van der Waals surface area contributed by atoms with E-state index in [0.29, 0.717) is 11.1 Å². The van der Waals surface area contributed by atoms with E-state index in [0.717, 1.165) is 0 Å². The van der Waals surface area contributed by atoms with Crippen LogP contribution in [0.3, 0.4) is 0 Å². The Balaban J connectivity index is 3.06. The lowest BCUT2D eigenvalue weighted by Crippen LogP contribution is -2.07. The number of benzene rings is 1. The van der Waals surface area contributed by atoms with E-state index in [1.165, 1.54) is 6.07 Å². The van der Waals surface area contributed by atoms with E-state index in [4.69, 9.17) is 11.0 Å². The standard InChI is InChI=1S/C9H9FN2/c1-6-2-3-7(4-8(6)10)9(12)5-11/h2-4,9H,12H2,1H3/t9-/m0/s1. The number of hydrogen-bond acceptors (Lipinski definition) is 2. The summed E-state index contributed by atoms with van der Waals surface area (Å²) in [6, 6.07) is 5.67. The number of nitriles is 1. The van der Waals surface area contributed by atoms with Crippen molar-refractivity contribution in [3.63, 3.8) is 0 Å². The molecule has 0 aliphatic rings. The van der Waals surface area contributed by atoms with E-state index in [2.05, 4.69) is 0 Å². The number of hydrogen-bond donors (Lipinski definition) is 1. The molecule has 0 bridgehead atoms. The molecule has 1 aromatic carbocycles. The third kappa shape index (κ3) is 1.60. The highest BCUT2D eigenvalue weighted by atomic mass is 19.1. The number of aryl methyl sites for hydroxylation is 1. The van der Waals surface area contributed by atoms with Crippen LogP contribution >= 0.6 is 0 Å². The minimum absolute atomic E-state index is 0.321. The maximum Gasteiger partial charge on any atom is 0.126 e. The van der Waals surface area contributed by atoms with Crippen LogP contribution in [0.5, 0.6) is 0 Å². The fraction of sp³-hybridized carbons (Fsp3) is 0.222. The van der Waals surface area contributed by atoms with Gasteiger partial charge in [0.25, 0.3) is 0 Å².